The van der Waals surface area contributed by atoms with Gasteiger partial charge in [-0.05, 0) is 75.6 Å². The van der Waals surface area contributed by atoms with E-state index >= 15 is 0 Å². The second kappa shape index (κ2) is 11.5. The Hall–Kier alpha value is -3.53. The first-order valence-corrected chi connectivity index (χ1v) is 12.9. The van der Waals surface area contributed by atoms with Crippen molar-refractivity contribution in [1.29, 1.82) is 0 Å². The molecule has 2 aliphatic rings. The van der Waals surface area contributed by atoms with Gasteiger partial charge in [0.15, 0.2) is 5.82 Å². The van der Waals surface area contributed by atoms with Crippen molar-refractivity contribution in [2.45, 2.75) is 63.5 Å². The van der Waals surface area contributed by atoms with Gasteiger partial charge in [-0.25, -0.2) is 24.4 Å². The van der Waals surface area contributed by atoms with Gasteiger partial charge in [0.1, 0.15) is 24.0 Å². The molecular formula is C26H34N8O2. The smallest absolute Gasteiger partial charge is 0.326 e. The SMILES string of the molecule is O=C(O)[C@H](CCN(CCCCc1ccc2c(n1)NCCC2)C1CC1)Nc1cc(-n2cccn2)ncn1. The van der Waals surface area contributed by atoms with E-state index in [0.29, 0.717) is 24.1 Å². The lowest BCUT2D eigenvalue weighted by Gasteiger charge is -2.24. The van der Waals surface area contributed by atoms with E-state index in [9.17, 15) is 9.90 Å². The quantitative estimate of drug-likeness (QED) is 0.310. The number of hydrogen-bond acceptors (Lipinski definition) is 8. The largest absolute Gasteiger partial charge is 0.480 e. The molecule has 0 aromatic carbocycles. The molecule has 5 rings (SSSR count). The molecule has 1 atom stereocenters. The van der Waals surface area contributed by atoms with E-state index in [4.69, 9.17) is 4.98 Å². The molecule has 3 aromatic rings. The molecule has 0 saturated heterocycles. The van der Waals surface area contributed by atoms with Gasteiger partial charge in [0.25, 0.3) is 0 Å². The monoisotopic (exact) mass is 490 g/mol. The van der Waals surface area contributed by atoms with Crippen molar-refractivity contribution >= 4 is 17.6 Å². The summed E-state index contributed by atoms with van der Waals surface area (Å²) in [5.74, 6) is 1.25. The Morgan fingerprint density at radius 1 is 1.25 bits per heavy atom. The number of anilines is 2. The van der Waals surface area contributed by atoms with Crippen LogP contribution in [0, 0.1) is 0 Å². The summed E-state index contributed by atoms with van der Waals surface area (Å²) in [5.41, 5.74) is 2.47. The van der Waals surface area contributed by atoms with Crippen molar-refractivity contribution in [1.82, 2.24) is 29.6 Å². The third-order valence-electron chi connectivity index (χ3n) is 6.86. The summed E-state index contributed by atoms with van der Waals surface area (Å²) in [6, 6.07) is 7.76. The number of carboxylic acids is 1. The van der Waals surface area contributed by atoms with Gasteiger partial charge in [0.2, 0.25) is 0 Å². The zero-order valence-electron chi connectivity index (χ0n) is 20.5. The van der Waals surface area contributed by atoms with Crippen LogP contribution in [0.15, 0.2) is 43.0 Å². The number of pyridine rings is 1. The van der Waals surface area contributed by atoms with Crippen molar-refractivity contribution in [2.24, 2.45) is 0 Å². The standard InChI is InChI=1S/C26H34N8O2/c35-26(36)22(32-23-17-24(29-18-28-23)34-15-4-13-30-34)11-16-33(21-9-10-21)14-2-1-6-20-8-7-19-5-3-12-27-25(19)31-20/h4,7-8,13,15,17-18,21-22H,1-3,5-6,9-12,14,16H2,(H,27,31)(H,35,36)(H,28,29,32)/t22-/m0/s1. The van der Waals surface area contributed by atoms with E-state index < -0.39 is 12.0 Å². The first kappa shape index (κ1) is 24.2. The Bertz CT molecular complexity index is 1150. The van der Waals surface area contributed by atoms with Crippen LogP contribution in [0.3, 0.4) is 0 Å². The average Bonchev–Trinajstić information content (AvgIpc) is 3.59. The third kappa shape index (κ3) is 6.37. The van der Waals surface area contributed by atoms with Gasteiger partial charge in [0, 0.05) is 43.3 Å². The summed E-state index contributed by atoms with van der Waals surface area (Å²) >= 11 is 0. The minimum absolute atomic E-state index is 0.480. The lowest BCUT2D eigenvalue weighted by atomic mass is 10.1. The summed E-state index contributed by atoms with van der Waals surface area (Å²) < 4.78 is 1.62. The highest BCUT2D eigenvalue weighted by Gasteiger charge is 2.30. The molecule has 190 valence electrons. The average molecular weight is 491 g/mol. The number of hydrogen-bond donors (Lipinski definition) is 3. The molecule has 10 nitrogen and oxygen atoms in total. The highest BCUT2D eigenvalue weighted by Crippen LogP contribution is 2.28. The number of rotatable bonds is 13. The van der Waals surface area contributed by atoms with Crippen LogP contribution in [0.4, 0.5) is 11.6 Å². The predicted molar refractivity (Wildman–Crippen MR) is 137 cm³/mol. The second-order valence-corrected chi connectivity index (χ2v) is 9.60. The van der Waals surface area contributed by atoms with Gasteiger partial charge in [-0.15, -0.1) is 0 Å². The Morgan fingerprint density at radius 2 is 2.17 bits per heavy atom. The fourth-order valence-corrected chi connectivity index (χ4v) is 4.73. The molecule has 0 radical (unpaired) electrons. The van der Waals surface area contributed by atoms with Crippen LogP contribution in [0.2, 0.25) is 0 Å². The van der Waals surface area contributed by atoms with Crippen LogP contribution in [0.1, 0.15) is 49.8 Å². The number of aliphatic carboxylic acids is 1. The molecule has 1 saturated carbocycles. The maximum absolute atomic E-state index is 12.0. The fourth-order valence-electron chi connectivity index (χ4n) is 4.73. The van der Waals surface area contributed by atoms with Gasteiger partial charge in [-0.1, -0.05) is 6.07 Å². The number of carboxylic acid groups (broad SMARTS) is 1. The summed E-state index contributed by atoms with van der Waals surface area (Å²) in [7, 11) is 0. The van der Waals surface area contributed by atoms with Crippen molar-refractivity contribution in [2.75, 3.05) is 30.3 Å². The zero-order valence-corrected chi connectivity index (χ0v) is 20.5. The second-order valence-electron chi connectivity index (χ2n) is 9.60. The summed E-state index contributed by atoms with van der Waals surface area (Å²) in [5, 5.41) is 20.5. The maximum atomic E-state index is 12.0. The number of unbranched alkanes of at least 4 members (excludes halogenated alkanes) is 1. The molecule has 3 aromatic heterocycles. The highest BCUT2D eigenvalue weighted by molar-refractivity contribution is 5.76. The Labute approximate surface area is 211 Å². The van der Waals surface area contributed by atoms with E-state index in [1.54, 1.807) is 23.1 Å². The summed E-state index contributed by atoms with van der Waals surface area (Å²) in [6.07, 6.45) is 13.2. The molecule has 1 aliphatic carbocycles. The highest BCUT2D eigenvalue weighted by atomic mass is 16.4. The lowest BCUT2D eigenvalue weighted by Crippen LogP contribution is -2.36. The normalized spacial score (nSPS) is 15.8. The van der Waals surface area contributed by atoms with Gasteiger partial charge < -0.3 is 20.6 Å². The fraction of sp³-hybridized carbons (Fsp3) is 0.500. The maximum Gasteiger partial charge on any atom is 0.326 e. The van der Waals surface area contributed by atoms with Gasteiger partial charge in [-0.3, -0.25) is 0 Å². The molecule has 10 heteroatoms. The Morgan fingerprint density at radius 3 is 2.97 bits per heavy atom. The van der Waals surface area contributed by atoms with E-state index in [1.165, 1.54) is 31.2 Å². The molecular weight excluding hydrogens is 456 g/mol. The summed E-state index contributed by atoms with van der Waals surface area (Å²) in [4.78, 5) is 27.7. The van der Waals surface area contributed by atoms with Crippen molar-refractivity contribution in [3.8, 4) is 5.82 Å². The van der Waals surface area contributed by atoms with E-state index in [1.807, 2.05) is 6.07 Å². The molecule has 4 heterocycles. The van der Waals surface area contributed by atoms with Crippen molar-refractivity contribution in [3.63, 3.8) is 0 Å². The van der Waals surface area contributed by atoms with Gasteiger partial charge in [0.05, 0.1) is 0 Å². The topological polar surface area (TPSA) is 121 Å². The molecule has 3 N–H and O–H groups in total. The number of fused-ring (bicyclic) bond motifs is 1. The first-order valence-electron chi connectivity index (χ1n) is 12.9. The molecule has 0 unspecified atom stereocenters. The molecule has 1 fully saturated rings. The lowest BCUT2D eigenvalue weighted by molar-refractivity contribution is -0.138. The summed E-state index contributed by atoms with van der Waals surface area (Å²) in [6.45, 7) is 2.73. The number of aryl methyl sites for hydroxylation is 2. The van der Waals surface area contributed by atoms with Crippen LogP contribution in [0.5, 0.6) is 0 Å². The number of carbonyl (C=O) groups is 1. The zero-order chi connectivity index (χ0) is 24.7. The van der Waals surface area contributed by atoms with E-state index in [0.717, 1.165) is 56.8 Å². The Kier molecular flexibility index (Phi) is 7.70. The number of nitrogens with one attached hydrogen (secondary N) is 2. The van der Waals surface area contributed by atoms with Crippen LogP contribution in [-0.4, -0.2) is 72.4 Å². The molecule has 1 aliphatic heterocycles. The van der Waals surface area contributed by atoms with Crippen LogP contribution in [-0.2, 0) is 17.6 Å². The van der Waals surface area contributed by atoms with Crippen LogP contribution < -0.4 is 10.6 Å². The third-order valence-corrected chi connectivity index (χ3v) is 6.86. The predicted octanol–water partition coefficient (Wildman–Crippen LogP) is 3.16. The van der Waals surface area contributed by atoms with E-state index in [-0.39, 0.29) is 0 Å². The van der Waals surface area contributed by atoms with Gasteiger partial charge in [-0.2, -0.15) is 5.10 Å². The molecule has 0 amide bonds. The number of nitrogens with zero attached hydrogens (tertiary/aromatic N) is 6. The molecule has 0 bridgehead atoms. The minimum Gasteiger partial charge on any atom is -0.480 e. The minimum atomic E-state index is -0.878. The molecule has 36 heavy (non-hydrogen) atoms. The van der Waals surface area contributed by atoms with Gasteiger partial charge >= 0.3 is 5.97 Å². The van der Waals surface area contributed by atoms with Crippen molar-refractivity contribution in [3.05, 3.63) is 54.2 Å². The first-order chi connectivity index (χ1) is 17.7. The van der Waals surface area contributed by atoms with Crippen LogP contribution in [0.25, 0.3) is 5.82 Å². The van der Waals surface area contributed by atoms with E-state index in [2.05, 4.69) is 42.7 Å². The number of aromatic nitrogens is 5. The molecule has 0 spiro atoms. The Balaban J connectivity index is 1.11. The van der Waals surface area contributed by atoms with Crippen LogP contribution >= 0.6 is 0 Å². The van der Waals surface area contributed by atoms with Crippen molar-refractivity contribution < 1.29 is 9.90 Å².